The Morgan fingerprint density at radius 1 is 0.838 bits per heavy atom. The second-order valence-electron chi connectivity index (χ2n) is 20.6. The van der Waals surface area contributed by atoms with Gasteiger partial charge < -0.3 is 24.7 Å². The number of nitrogens with zero attached hydrogens (tertiary/aromatic N) is 3. The molecule has 3 N–H and O–H groups in total. The molecular weight excluding hydrogens is 1050 g/mol. The van der Waals surface area contributed by atoms with Crippen LogP contribution < -0.4 is 30.2 Å². The monoisotopic (exact) mass is 1110 g/mol. The molecule has 3 aliphatic rings. The van der Waals surface area contributed by atoms with Crippen LogP contribution in [0.25, 0.3) is 39.4 Å². The number of carbonyl (C=O) groups is 3. The van der Waals surface area contributed by atoms with E-state index in [9.17, 15) is 27.4 Å². The van der Waals surface area contributed by atoms with Crippen molar-refractivity contribution in [3.05, 3.63) is 201 Å². The lowest BCUT2D eigenvalue weighted by atomic mass is 9.83. The van der Waals surface area contributed by atoms with Gasteiger partial charge in [-0.2, -0.15) is 8.42 Å². The number of allylic oxidation sites excluding steroid dienone is 3. The van der Waals surface area contributed by atoms with Crippen LogP contribution in [0, 0.1) is 13.8 Å². The third-order valence-corrected chi connectivity index (χ3v) is 16.3. The first kappa shape index (κ1) is 56.7. The highest BCUT2D eigenvalue weighted by atomic mass is 35.5. The minimum Gasteiger partial charge on any atom is -0.497 e. The summed E-state index contributed by atoms with van der Waals surface area (Å²) in [7, 11) is -2.88. The second-order valence-corrected chi connectivity index (χ2v) is 22.5. The molecule has 5 aromatic carbocycles. The summed E-state index contributed by atoms with van der Waals surface area (Å²) < 4.78 is 50.9. The largest absolute Gasteiger partial charge is 0.497 e. The third kappa shape index (κ3) is 12.1. The first-order valence-corrected chi connectivity index (χ1v) is 28.8. The smallest absolute Gasteiger partial charge is 0.294 e. The molecule has 0 atom stereocenters. The van der Waals surface area contributed by atoms with E-state index in [1.807, 2.05) is 61.5 Å². The number of carbonyl (C=O) groups excluding carboxylic acids is 3. The zero-order valence-electron chi connectivity index (χ0n) is 46.2. The predicted octanol–water partition coefficient (Wildman–Crippen LogP) is 12.8. The minimum absolute atomic E-state index is 0.0169. The van der Waals surface area contributed by atoms with Gasteiger partial charge in [0, 0.05) is 80.9 Å². The van der Waals surface area contributed by atoms with Gasteiger partial charge in [-0.15, -0.1) is 0 Å². The van der Waals surface area contributed by atoms with E-state index in [0.717, 1.165) is 93.0 Å². The molecule has 13 nitrogen and oxygen atoms in total. The molecule has 9 rings (SSSR count). The van der Waals surface area contributed by atoms with Crippen LogP contribution in [0.2, 0.25) is 5.02 Å². The standard InChI is InChI=1S/C65H66ClN5O8S/c1-8-69(9-2)49-30-33-52-59(37-49)79-58(42(3)63(52)45-17-12-10-13-18-45)19-16-20-60-65(5,6)55-39-51(80(75,76)77)32-35-57(55)70(60)36-15-11-14-21-61(72)67-41-44-22-28-48(29-23-44)68-62(73)40-53-43(4)71(56-34-31-50(78-7)38-54(53)56)64(74)46-24-26-47(66)27-25-46/h10,12-13,16-20,22-35,37-39H,8-9,11,14-15,21,36,40-41H2,1-7H3,(H2-,67,68,72,73,75,76,77)/p+1. The molecule has 3 heterocycles. The molecular formula is C65H67ClN5O8S+. The van der Waals surface area contributed by atoms with Crippen molar-refractivity contribution in [3.63, 3.8) is 0 Å². The molecule has 0 unspecified atom stereocenters. The number of anilines is 2. The van der Waals surface area contributed by atoms with Crippen LogP contribution in [-0.2, 0) is 38.1 Å². The van der Waals surface area contributed by atoms with Gasteiger partial charge in [0.25, 0.3) is 16.0 Å². The number of hydrogen-bond donors (Lipinski definition) is 3. The highest BCUT2D eigenvalue weighted by molar-refractivity contribution is 7.85. The number of ether oxygens (including phenoxy) is 1. The normalized spacial score (nSPS) is 13.6. The molecule has 1 aromatic heterocycles. The fraction of sp³-hybridized carbons (Fsp3) is 0.262. The predicted molar refractivity (Wildman–Crippen MR) is 319 cm³/mol. The number of amides is 2. The lowest BCUT2D eigenvalue weighted by Gasteiger charge is -2.27. The molecule has 6 aromatic rings. The van der Waals surface area contributed by atoms with Crippen molar-refractivity contribution >= 4 is 67.8 Å². The van der Waals surface area contributed by atoms with Gasteiger partial charge in [-0.05, 0) is 159 Å². The van der Waals surface area contributed by atoms with Crippen LogP contribution in [0.15, 0.2) is 161 Å². The van der Waals surface area contributed by atoms with Crippen LogP contribution in [0.5, 0.6) is 5.75 Å². The highest BCUT2D eigenvalue weighted by Gasteiger charge is 2.40. The summed E-state index contributed by atoms with van der Waals surface area (Å²) in [5.74, 6) is 1.54. The van der Waals surface area contributed by atoms with Crippen LogP contribution >= 0.6 is 11.6 Å². The summed E-state index contributed by atoms with van der Waals surface area (Å²) in [5, 5.41) is 8.36. The molecule has 80 heavy (non-hydrogen) atoms. The Bertz CT molecular complexity index is 3850. The van der Waals surface area contributed by atoms with E-state index < -0.39 is 15.5 Å². The van der Waals surface area contributed by atoms with E-state index in [0.29, 0.717) is 64.7 Å². The van der Waals surface area contributed by atoms with Crippen LogP contribution in [-0.4, -0.2) is 62.0 Å². The molecule has 2 aliphatic heterocycles. The topological polar surface area (TPSA) is 163 Å². The van der Waals surface area contributed by atoms with Crippen molar-refractivity contribution in [1.82, 2.24) is 14.5 Å². The van der Waals surface area contributed by atoms with Crippen molar-refractivity contribution in [2.75, 3.05) is 37.0 Å². The minimum atomic E-state index is -4.45. The van der Waals surface area contributed by atoms with Crippen molar-refractivity contribution in [3.8, 4) is 28.2 Å². The molecule has 0 saturated carbocycles. The zero-order valence-corrected chi connectivity index (χ0v) is 47.8. The molecule has 0 spiro atoms. The molecule has 412 valence electrons. The Balaban J connectivity index is 0.835. The van der Waals surface area contributed by atoms with Crippen molar-refractivity contribution in [2.24, 2.45) is 0 Å². The molecule has 1 aliphatic carbocycles. The Morgan fingerprint density at radius 2 is 1.57 bits per heavy atom. The summed E-state index contributed by atoms with van der Waals surface area (Å²) in [5.41, 5.74) is 10.1. The first-order chi connectivity index (χ1) is 38.4. The molecule has 0 fully saturated rings. The molecule has 0 bridgehead atoms. The highest BCUT2D eigenvalue weighted by Crippen LogP contribution is 2.49. The number of fused-ring (bicyclic) bond motifs is 3. The number of nitrogens with one attached hydrogen (secondary N) is 2. The fourth-order valence-electron chi connectivity index (χ4n) is 10.9. The molecule has 2 amide bonds. The average Bonchev–Trinajstić information content (AvgIpc) is 3.88. The van der Waals surface area contributed by atoms with Crippen LogP contribution in [0.1, 0.15) is 97.4 Å². The number of unbranched alkanes of at least 4 members (excludes halogenated alkanes) is 2. The summed E-state index contributed by atoms with van der Waals surface area (Å²) in [6.45, 7) is 15.0. The van der Waals surface area contributed by atoms with Gasteiger partial charge >= 0.3 is 0 Å². The summed E-state index contributed by atoms with van der Waals surface area (Å²) in [6, 6.07) is 41.0. The Kier molecular flexibility index (Phi) is 17.1. The Labute approximate surface area is 473 Å². The van der Waals surface area contributed by atoms with Crippen molar-refractivity contribution in [2.45, 2.75) is 90.5 Å². The summed E-state index contributed by atoms with van der Waals surface area (Å²) >= 11 is 6.10. The SMILES string of the molecule is CC[N+](CC)=c1ccc2c(-c3ccccc3)c(C)c(/C=C/C=C3/N(CCCCCC(=O)NCc4ccc(NC(=O)Cc5c(C)n(C(=O)c6ccc(Cl)cc6)c6ccc(OC)cc56)cc4)c4ccc(S(=O)(=O)O)cc4C3(C)C)oc-2c1. The molecule has 0 saturated heterocycles. The number of rotatable bonds is 19. The van der Waals surface area contributed by atoms with Crippen molar-refractivity contribution in [1.29, 1.82) is 0 Å². The van der Waals surface area contributed by atoms with Gasteiger partial charge in [0.2, 0.25) is 17.2 Å². The number of benzene rings is 6. The van der Waals surface area contributed by atoms with Gasteiger partial charge in [0.1, 0.15) is 30.4 Å². The maximum absolute atomic E-state index is 13.8. The number of hydrogen-bond acceptors (Lipinski definition) is 8. The van der Waals surface area contributed by atoms with E-state index in [1.54, 1.807) is 66.3 Å². The van der Waals surface area contributed by atoms with Gasteiger partial charge in [-0.25, -0.2) is 4.58 Å². The fourth-order valence-corrected chi connectivity index (χ4v) is 11.5. The molecule has 15 heteroatoms. The third-order valence-electron chi connectivity index (χ3n) is 15.2. The summed E-state index contributed by atoms with van der Waals surface area (Å²) in [6.07, 6.45) is 8.56. The van der Waals surface area contributed by atoms with Gasteiger partial charge in [-0.3, -0.25) is 23.5 Å². The second kappa shape index (κ2) is 24.1. The number of methoxy groups -OCH3 is 1. The molecule has 0 radical (unpaired) electrons. The maximum Gasteiger partial charge on any atom is 0.294 e. The quantitative estimate of drug-likeness (QED) is 0.0406. The van der Waals surface area contributed by atoms with Gasteiger partial charge in [0.05, 0.1) is 30.0 Å². The summed E-state index contributed by atoms with van der Waals surface area (Å²) in [4.78, 5) is 42.5. The van der Waals surface area contributed by atoms with Crippen molar-refractivity contribution < 1.29 is 36.5 Å². The van der Waals surface area contributed by atoms with E-state index in [1.165, 1.54) is 6.07 Å². The van der Waals surface area contributed by atoms with Crippen LogP contribution in [0.3, 0.4) is 0 Å². The van der Waals surface area contributed by atoms with E-state index >= 15 is 0 Å². The number of aromatic nitrogens is 1. The lowest BCUT2D eigenvalue weighted by molar-refractivity contribution is -0.121. The first-order valence-electron chi connectivity index (χ1n) is 27.0. The van der Waals surface area contributed by atoms with Gasteiger partial charge in [0.15, 0.2) is 0 Å². The van der Waals surface area contributed by atoms with E-state index in [-0.39, 0.29) is 29.0 Å². The van der Waals surface area contributed by atoms with Gasteiger partial charge in [-0.1, -0.05) is 80.4 Å². The van der Waals surface area contributed by atoms with E-state index in [2.05, 4.69) is 91.1 Å². The van der Waals surface area contributed by atoms with Crippen LogP contribution in [0.4, 0.5) is 11.4 Å². The number of halogens is 1. The lowest BCUT2D eigenvalue weighted by Crippen LogP contribution is -2.29. The Hall–Kier alpha value is -8.04. The van der Waals surface area contributed by atoms with E-state index in [4.69, 9.17) is 20.8 Å². The zero-order chi connectivity index (χ0) is 56.9. The maximum atomic E-state index is 13.8. The Morgan fingerprint density at radius 3 is 2.27 bits per heavy atom. The average molecular weight is 1110 g/mol.